The van der Waals surface area contributed by atoms with E-state index in [-0.39, 0.29) is 11.1 Å². The minimum Gasteiger partial charge on any atom is -0.465 e. The maximum absolute atomic E-state index is 13.0. The molecule has 0 aliphatic carbocycles. The summed E-state index contributed by atoms with van der Waals surface area (Å²) in [7, 11) is 1.32. The van der Waals surface area contributed by atoms with Gasteiger partial charge in [-0.25, -0.2) is 4.79 Å². The van der Waals surface area contributed by atoms with E-state index in [4.69, 9.17) is 4.74 Å². The van der Waals surface area contributed by atoms with Crippen LogP contribution in [-0.4, -0.2) is 27.4 Å². The summed E-state index contributed by atoms with van der Waals surface area (Å²) in [4.78, 5) is 25.4. The van der Waals surface area contributed by atoms with Crippen LogP contribution in [0.25, 0.3) is 16.9 Å². The molecule has 2 heterocycles. The summed E-state index contributed by atoms with van der Waals surface area (Å²) in [6.07, 6.45) is 3.41. The van der Waals surface area contributed by atoms with Crippen LogP contribution < -0.4 is 5.56 Å². The number of carbonyl (C=O) groups excluding carboxylic acids is 1. The molecule has 4 rings (SSSR count). The zero-order chi connectivity index (χ0) is 19.7. The first-order valence-corrected chi connectivity index (χ1v) is 8.89. The van der Waals surface area contributed by atoms with Gasteiger partial charge in [-0.15, -0.1) is 0 Å². The predicted octanol–water partition coefficient (Wildman–Crippen LogP) is 3.28. The Morgan fingerprint density at radius 3 is 2.57 bits per heavy atom. The zero-order valence-corrected chi connectivity index (χ0v) is 15.6. The molecule has 6 heteroatoms. The number of rotatable bonds is 4. The topological polar surface area (TPSA) is 66.1 Å². The highest BCUT2D eigenvalue weighted by atomic mass is 16.5. The van der Waals surface area contributed by atoms with Crippen molar-refractivity contribution in [3.8, 4) is 16.9 Å². The number of nitrogens with zero attached hydrogens (tertiary/aromatic N) is 3. The highest BCUT2D eigenvalue weighted by Gasteiger charge is 2.25. The largest absolute Gasteiger partial charge is 0.465 e. The summed E-state index contributed by atoms with van der Waals surface area (Å²) in [6, 6.07) is 17.3. The van der Waals surface area contributed by atoms with E-state index in [1.54, 1.807) is 12.4 Å². The van der Waals surface area contributed by atoms with Gasteiger partial charge in [0, 0.05) is 18.9 Å². The van der Waals surface area contributed by atoms with E-state index in [2.05, 4.69) is 5.10 Å². The quantitative estimate of drug-likeness (QED) is 0.515. The number of pyridine rings is 1. The lowest BCUT2D eigenvalue weighted by molar-refractivity contribution is 0.0600. The van der Waals surface area contributed by atoms with Crippen molar-refractivity contribution < 1.29 is 9.53 Å². The molecule has 2 aromatic rings. The molecule has 0 spiro atoms. The van der Waals surface area contributed by atoms with Crippen LogP contribution in [0, 0.1) is 6.92 Å². The van der Waals surface area contributed by atoms with E-state index in [0.717, 1.165) is 11.1 Å². The number of carbonyl (C=O) groups is 1. The molecular weight excluding hydrogens is 354 g/mol. The molecule has 140 valence electrons. The third-order valence-corrected chi connectivity index (χ3v) is 4.58. The molecule has 6 nitrogen and oxygen atoms in total. The Kier molecular flexibility index (Phi) is 4.53. The molecular formula is C22H19N3O3. The number of hydrogen-bond acceptors (Lipinski definition) is 4. The van der Waals surface area contributed by atoms with Crippen LogP contribution in [0.3, 0.4) is 0 Å². The van der Waals surface area contributed by atoms with Gasteiger partial charge in [-0.05, 0) is 30.2 Å². The number of aromatic nitrogens is 3. The molecule has 0 aromatic heterocycles. The van der Waals surface area contributed by atoms with E-state index in [9.17, 15) is 9.59 Å². The SMILES string of the molecule is COC(=O)c1cn(Cc2ccccc2)cc2c(=O)n(-c3cccc(C)c3)nc1-2. The van der Waals surface area contributed by atoms with Crippen molar-refractivity contribution in [3.05, 3.63) is 94.0 Å². The van der Waals surface area contributed by atoms with Crippen molar-refractivity contribution in [2.75, 3.05) is 7.11 Å². The minimum absolute atomic E-state index is 0.263. The van der Waals surface area contributed by atoms with Gasteiger partial charge in [0.05, 0.1) is 18.4 Å². The van der Waals surface area contributed by atoms with Crippen LogP contribution in [-0.2, 0) is 11.3 Å². The number of hydrogen-bond donors (Lipinski definition) is 0. The number of fused-ring (bicyclic) bond motifs is 1. The highest BCUT2D eigenvalue weighted by molar-refractivity contribution is 5.96. The van der Waals surface area contributed by atoms with Crippen LogP contribution in [0.15, 0.2) is 71.8 Å². The summed E-state index contributed by atoms with van der Waals surface area (Å²) in [5, 5.41) is 4.43. The van der Waals surface area contributed by atoms with Crippen LogP contribution in [0.2, 0.25) is 0 Å². The third kappa shape index (κ3) is 3.20. The molecule has 0 bridgehead atoms. The first kappa shape index (κ1) is 17.7. The average molecular weight is 373 g/mol. The van der Waals surface area contributed by atoms with Crippen molar-refractivity contribution in [2.24, 2.45) is 0 Å². The van der Waals surface area contributed by atoms with Crippen LogP contribution >= 0.6 is 0 Å². The average Bonchev–Trinajstić information content (AvgIpc) is 3.04. The van der Waals surface area contributed by atoms with E-state index in [1.807, 2.05) is 66.1 Å². The van der Waals surface area contributed by atoms with Crippen LogP contribution in [0.1, 0.15) is 21.5 Å². The van der Waals surface area contributed by atoms with Gasteiger partial charge in [0.25, 0.3) is 5.56 Å². The van der Waals surface area contributed by atoms with Gasteiger partial charge in [0.1, 0.15) is 11.3 Å². The predicted molar refractivity (Wildman–Crippen MR) is 106 cm³/mol. The minimum atomic E-state index is -0.527. The van der Waals surface area contributed by atoms with Crippen LogP contribution in [0.5, 0.6) is 0 Å². The van der Waals surface area contributed by atoms with Crippen molar-refractivity contribution in [3.63, 3.8) is 0 Å². The number of esters is 1. The molecule has 0 saturated carbocycles. The molecule has 2 aliphatic heterocycles. The first-order chi connectivity index (χ1) is 13.6. The highest BCUT2D eigenvalue weighted by Crippen LogP contribution is 2.23. The fourth-order valence-corrected chi connectivity index (χ4v) is 3.24. The lowest BCUT2D eigenvalue weighted by atomic mass is 10.1. The van der Waals surface area contributed by atoms with Gasteiger partial charge in [-0.2, -0.15) is 9.78 Å². The standard InChI is InChI=1S/C22H19N3O3/c1-15-7-6-10-17(11-15)25-21(26)18-13-24(12-16-8-4-3-5-9-16)14-19(20(18)23-25)22(27)28-2/h3-11,13-14H,12H2,1-2H3. The Labute approximate surface area is 162 Å². The van der Waals surface area contributed by atoms with Crippen molar-refractivity contribution >= 4 is 5.97 Å². The Bertz CT molecular complexity index is 1180. The van der Waals surface area contributed by atoms with E-state index < -0.39 is 5.97 Å². The molecule has 0 radical (unpaired) electrons. The zero-order valence-electron chi connectivity index (χ0n) is 15.6. The van der Waals surface area contributed by atoms with Crippen molar-refractivity contribution in [1.29, 1.82) is 0 Å². The van der Waals surface area contributed by atoms with Gasteiger partial charge in [-0.1, -0.05) is 42.5 Å². The maximum Gasteiger partial charge on any atom is 0.341 e. The third-order valence-electron chi connectivity index (χ3n) is 4.58. The van der Waals surface area contributed by atoms with E-state index in [1.165, 1.54) is 11.8 Å². The molecule has 0 saturated heterocycles. The van der Waals surface area contributed by atoms with E-state index >= 15 is 0 Å². The normalized spacial score (nSPS) is 10.9. The molecule has 0 amide bonds. The van der Waals surface area contributed by atoms with Crippen molar-refractivity contribution in [1.82, 2.24) is 14.3 Å². The Balaban J connectivity index is 1.90. The number of ether oxygens (including phenoxy) is 1. The summed E-state index contributed by atoms with van der Waals surface area (Å²) < 4.78 is 8.06. The van der Waals surface area contributed by atoms with Gasteiger partial charge < -0.3 is 9.30 Å². The molecule has 0 N–H and O–H groups in total. The number of benzene rings is 2. The molecule has 0 unspecified atom stereocenters. The van der Waals surface area contributed by atoms with Crippen molar-refractivity contribution in [2.45, 2.75) is 13.5 Å². The Hall–Kier alpha value is -3.67. The van der Waals surface area contributed by atoms with E-state index in [0.29, 0.717) is 23.5 Å². The summed E-state index contributed by atoms with van der Waals surface area (Å²) >= 11 is 0. The summed E-state index contributed by atoms with van der Waals surface area (Å²) in [5.74, 6) is -0.527. The van der Waals surface area contributed by atoms with Crippen LogP contribution in [0.4, 0.5) is 0 Å². The molecule has 0 fully saturated rings. The first-order valence-electron chi connectivity index (χ1n) is 8.89. The van der Waals surface area contributed by atoms with Gasteiger partial charge in [0.15, 0.2) is 0 Å². The fraction of sp³-hybridized carbons (Fsp3) is 0.136. The maximum atomic E-state index is 13.0. The smallest absolute Gasteiger partial charge is 0.341 e. The molecule has 28 heavy (non-hydrogen) atoms. The molecule has 2 aromatic carbocycles. The van der Waals surface area contributed by atoms with Gasteiger partial charge in [0.2, 0.25) is 0 Å². The Morgan fingerprint density at radius 1 is 1.07 bits per heavy atom. The molecule has 0 atom stereocenters. The number of aryl methyl sites for hydroxylation is 1. The molecule has 2 aliphatic rings. The second-order valence-electron chi connectivity index (χ2n) is 6.64. The summed E-state index contributed by atoms with van der Waals surface area (Å²) in [5.41, 5.74) is 3.44. The lowest BCUT2D eigenvalue weighted by Crippen LogP contribution is -2.16. The second kappa shape index (κ2) is 7.15. The second-order valence-corrected chi connectivity index (χ2v) is 6.64. The monoisotopic (exact) mass is 373 g/mol. The Morgan fingerprint density at radius 2 is 1.86 bits per heavy atom. The van der Waals surface area contributed by atoms with Gasteiger partial charge in [-0.3, -0.25) is 4.79 Å². The number of methoxy groups -OCH3 is 1. The van der Waals surface area contributed by atoms with Gasteiger partial charge >= 0.3 is 5.97 Å². The fourth-order valence-electron chi connectivity index (χ4n) is 3.24. The lowest BCUT2D eigenvalue weighted by Gasteiger charge is -2.11. The summed E-state index contributed by atoms with van der Waals surface area (Å²) in [6.45, 7) is 2.47.